The van der Waals surface area contributed by atoms with Crippen molar-refractivity contribution in [3.05, 3.63) is 12.2 Å². The third-order valence-electron chi connectivity index (χ3n) is 8.33. The normalized spacial score (nSPS) is 12.0. The van der Waals surface area contributed by atoms with Crippen LogP contribution in [-0.2, 0) is 28.6 Å². The second-order valence-electron chi connectivity index (χ2n) is 12.9. The van der Waals surface area contributed by atoms with Gasteiger partial charge in [0.25, 0.3) is 0 Å². The highest BCUT2D eigenvalue weighted by atomic mass is 16.6. The SMILES string of the molecule is CCCCCCCCC=CCCCCCCCC(=O)OCC(COC(C)=O)OC(=O)CCCCCCCCCCCCCCC. The molecule has 264 valence electrons. The molecule has 0 rings (SSSR count). The quantitative estimate of drug-likeness (QED) is 0.0303. The Morgan fingerprint density at radius 3 is 1.24 bits per heavy atom. The molecule has 0 aromatic heterocycles. The molecule has 0 saturated heterocycles. The fourth-order valence-corrected chi connectivity index (χ4v) is 5.46. The minimum atomic E-state index is -0.763. The summed E-state index contributed by atoms with van der Waals surface area (Å²) in [5.41, 5.74) is 0. The van der Waals surface area contributed by atoms with Crippen LogP contribution < -0.4 is 0 Å². The van der Waals surface area contributed by atoms with Gasteiger partial charge in [0.15, 0.2) is 6.10 Å². The van der Waals surface area contributed by atoms with E-state index >= 15 is 0 Å². The number of esters is 3. The van der Waals surface area contributed by atoms with Gasteiger partial charge < -0.3 is 14.2 Å². The van der Waals surface area contributed by atoms with E-state index in [-0.39, 0.29) is 25.2 Å². The standard InChI is InChI=1S/C39H72O6/c1-4-6-8-10-12-14-16-18-19-21-22-24-26-28-30-32-38(41)44-35-37(34-43-36(3)40)45-39(42)33-31-29-27-25-23-20-17-15-13-11-9-7-5-2/h18-19,37H,4-17,20-35H2,1-3H3. The molecule has 0 aliphatic rings. The van der Waals surface area contributed by atoms with Crippen LogP contribution in [-0.4, -0.2) is 37.2 Å². The first-order valence-corrected chi connectivity index (χ1v) is 19.1. The first-order valence-electron chi connectivity index (χ1n) is 19.1. The van der Waals surface area contributed by atoms with E-state index in [1.165, 1.54) is 129 Å². The lowest BCUT2D eigenvalue weighted by Crippen LogP contribution is -2.30. The van der Waals surface area contributed by atoms with Crippen LogP contribution in [0.2, 0.25) is 0 Å². The number of hydrogen-bond donors (Lipinski definition) is 0. The average Bonchev–Trinajstić information content (AvgIpc) is 3.02. The molecular formula is C39H72O6. The smallest absolute Gasteiger partial charge is 0.306 e. The molecule has 0 heterocycles. The van der Waals surface area contributed by atoms with Crippen LogP contribution in [0, 0.1) is 0 Å². The van der Waals surface area contributed by atoms with Gasteiger partial charge in [-0.3, -0.25) is 14.4 Å². The largest absolute Gasteiger partial charge is 0.462 e. The Labute approximate surface area is 278 Å². The Morgan fingerprint density at radius 2 is 0.822 bits per heavy atom. The molecule has 0 aliphatic carbocycles. The van der Waals surface area contributed by atoms with Crippen molar-refractivity contribution in [3.63, 3.8) is 0 Å². The van der Waals surface area contributed by atoms with Gasteiger partial charge in [-0.2, -0.15) is 0 Å². The number of ether oxygens (including phenoxy) is 3. The molecule has 0 radical (unpaired) electrons. The number of carbonyl (C=O) groups excluding carboxylic acids is 3. The van der Waals surface area contributed by atoms with Crippen molar-refractivity contribution in [2.45, 2.75) is 207 Å². The Morgan fingerprint density at radius 1 is 0.467 bits per heavy atom. The van der Waals surface area contributed by atoms with Gasteiger partial charge in [0, 0.05) is 19.8 Å². The molecule has 45 heavy (non-hydrogen) atoms. The predicted octanol–water partition coefficient (Wildman–Crippen LogP) is 11.5. The fraction of sp³-hybridized carbons (Fsp3) is 0.872. The molecule has 0 aliphatic heterocycles. The number of carbonyl (C=O) groups is 3. The van der Waals surface area contributed by atoms with Gasteiger partial charge in [-0.25, -0.2) is 0 Å². The maximum atomic E-state index is 12.4. The lowest BCUT2D eigenvalue weighted by atomic mass is 10.0. The van der Waals surface area contributed by atoms with Gasteiger partial charge in [-0.05, 0) is 38.5 Å². The van der Waals surface area contributed by atoms with E-state index < -0.39 is 12.1 Å². The molecule has 0 saturated carbocycles. The molecule has 0 aromatic rings. The molecule has 1 atom stereocenters. The number of allylic oxidation sites excluding steroid dienone is 2. The maximum absolute atomic E-state index is 12.4. The van der Waals surface area contributed by atoms with Crippen molar-refractivity contribution >= 4 is 17.9 Å². The van der Waals surface area contributed by atoms with Crippen LogP contribution in [0.15, 0.2) is 12.2 Å². The molecule has 0 N–H and O–H groups in total. The summed E-state index contributed by atoms with van der Waals surface area (Å²) < 4.78 is 15.9. The monoisotopic (exact) mass is 637 g/mol. The fourth-order valence-electron chi connectivity index (χ4n) is 5.46. The van der Waals surface area contributed by atoms with Crippen molar-refractivity contribution in [2.75, 3.05) is 13.2 Å². The van der Waals surface area contributed by atoms with E-state index in [0.717, 1.165) is 44.9 Å². The number of hydrogen-bond acceptors (Lipinski definition) is 6. The van der Waals surface area contributed by atoms with Gasteiger partial charge in [0.2, 0.25) is 0 Å². The minimum Gasteiger partial charge on any atom is -0.462 e. The zero-order valence-electron chi connectivity index (χ0n) is 29.9. The Hall–Kier alpha value is -1.85. The Kier molecular flexibility index (Phi) is 33.6. The van der Waals surface area contributed by atoms with Gasteiger partial charge >= 0.3 is 17.9 Å². The zero-order chi connectivity index (χ0) is 33.1. The maximum Gasteiger partial charge on any atom is 0.306 e. The molecule has 0 fully saturated rings. The van der Waals surface area contributed by atoms with Crippen molar-refractivity contribution in [1.29, 1.82) is 0 Å². The number of unbranched alkanes of at least 4 members (excludes halogenated alkanes) is 23. The molecule has 6 heteroatoms. The Bertz CT molecular complexity index is 704. The van der Waals surface area contributed by atoms with Crippen molar-refractivity contribution in [1.82, 2.24) is 0 Å². The van der Waals surface area contributed by atoms with E-state index in [2.05, 4.69) is 26.0 Å². The van der Waals surface area contributed by atoms with E-state index in [0.29, 0.717) is 12.8 Å². The summed E-state index contributed by atoms with van der Waals surface area (Å²) >= 11 is 0. The number of rotatable bonds is 34. The van der Waals surface area contributed by atoms with E-state index in [1.807, 2.05) is 0 Å². The first-order chi connectivity index (χ1) is 22.0. The zero-order valence-corrected chi connectivity index (χ0v) is 29.9. The molecule has 0 spiro atoms. The van der Waals surface area contributed by atoms with Crippen molar-refractivity contribution < 1.29 is 28.6 Å². The van der Waals surface area contributed by atoms with Crippen LogP contribution in [0.4, 0.5) is 0 Å². The second kappa shape index (κ2) is 35.0. The minimum absolute atomic E-state index is 0.0818. The highest BCUT2D eigenvalue weighted by molar-refractivity contribution is 5.70. The average molecular weight is 637 g/mol. The highest BCUT2D eigenvalue weighted by Gasteiger charge is 2.18. The third kappa shape index (κ3) is 34.9. The topological polar surface area (TPSA) is 78.9 Å². The molecule has 0 bridgehead atoms. The predicted molar refractivity (Wildman–Crippen MR) is 187 cm³/mol. The van der Waals surface area contributed by atoms with Gasteiger partial charge in [0.1, 0.15) is 13.2 Å². The van der Waals surface area contributed by atoms with Crippen LogP contribution >= 0.6 is 0 Å². The molecule has 0 amide bonds. The van der Waals surface area contributed by atoms with Crippen LogP contribution in [0.1, 0.15) is 201 Å². The van der Waals surface area contributed by atoms with Gasteiger partial charge in [-0.15, -0.1) is 0 Å². The first kappa shape index (κ1) is 43.1. The second-order valence-corrected chi connectivity index (χ2v) is 12.9. The summed E-state index contributed by atoms with van der Waals surface area (Å²) in [6.07, 6.45) is 36.5. The van der Waals surface area contributed by atoms with E-state index in [1.54, 1.807) is 0 Å². The summed E-state index contributed by atoms with van der Waals surface area (Å²) in [4.78, 5) is 35.9. The van der Waals surface area contributed by atoms with E-state index in [9.17, 15) is 14.4 Å². The summed E-state index contributed by atoms with van der Waals surface area (Å²) in [7, 11) is 0. The van der Waals surface area contributed by atoms with Gasteiger partial charge in [0.05, 0.1) is 0 Å². The van der Waals surface area contributed by atoms with Crippen LogP contribution in [0.3, 0.4) is 0 Å². The molecule has 0 aromatic carbocycles. The van der Waals surface area contributed by atoms with E-state index in [4.69, 9.17) is 14.2 Å². The van der Waals surface area contributed by atoms with Crippen LogP contribution in [0.25, 0.3) is 0 Å². The molecular weight excluding hydrogens is 564 g/mol. The lowest BCUT2D eigenvalue weighted by molar-refractivity contribution is -0.166. The summed E-state index contributed by atoms with van der Waals surface area (Å²) in [6, 6.07) is 0. The Balaban J connectivity index is 3.85. The molecule has 1 unspecified atom stereocenters. The lowest BCUT2D eigenvalue weighted by Gasteiger charge is -2.18. The highest BCUT2D eigenvalue weighted by Crippen LogP contribution is 2.14. The third-order valence-corrected chi connectivity index (χ3v) is 8.33. The van der Waals surface area contributed by atoms with Crippen LogP contribution in [0.5, 0.6) is 0 Å². The summed E-state index contributed by atoms with van der Waals surface area (Å²) in [6.45, 7) is 5.64. The molecule has 6 nitrogen and oxygen atoms in total. The van der Waals surface area contributed by atoms with Crippen molar-refractivity contribution in [3.8, 4) is 0 Å². The summed E-state index contributed by atoms with van der Waals surface area (Å²) in [5.74, 6) is -1.08. The summed E-state index contributed by atoms with van der Waals surface area (Å²) in [5, 5.41) is 0. The van der Waals surface area contributed by atoms with Crippen molar-refractivity contribution in [2.24, 2.45) is 0 Å². The van der Waals surface area contributed by atoms with Gasteiger partial charge in [-0.1, -0.05) is 154 Å².